The van der Waals surface area contributed by atoms with Crippen molar-refractivity contribution in [1.82, 2.24) is 10.2 Å². The van der Waals surface area contributed by atoms with Gasteiger partial charge in [0.05, 0.1) is 6.04 Å². The summed E-state index contributed by atoms with van der Waals surface area (Å²) in [6, 6.07) is 4.64. The van der Waals surface area contributed by atoms with Crippen LogP contribution in [0.2, 0.25) is 0 Å². The lowest BCUT2D eigenvalue weighted by Gasteiger charge is -2.38. The Morgan fingerprint density at radius 3 is 2.84 bits per heavy atom. The summed E-state index contributed by atoms with van der Waals surface area (Å²) in [5.41, 5.74) is 1.69. The quantitative estimate of drug-likeness (QED) is 0.865. The summed E-state index contributed by atoms with van der Waals surface area (Å²) in [5, 5.41) is 12.5. The maximum Gasteiger partial charge on any atom is 0.407 e. The number of hydrogen-bond acceptors (Lipinski definition) is 2. The largest absolute Gasteiger partial charge is 0.465 e. The van der Waals surface area contributed by atoms with Gasteiger partial charge in [-0.05, 0) is 50.1 Å². The molecule has 2 rings (SSSR count). The van der Waals surface area contributed by atoms with Crippen LogP contribution in [0.1, 0.15) is 30.0 Å². The third-order valence-corrected chi connectivity index (χ3v) is 3.85. The summed E-state index contributed by atoms with van der Waals surface area (Å²) in [6.07, 6.45) is 0.609. The maximum atomic E-state index is 13.2. The number of likely N-dealkylation sites (tertiary alicyclic amines) is 1. The van der Waals surface area contributed by atoms with Crippen molar-refractivity contribution in [1.29, 1.82) is 0 Å². The van der Waals surface area contributed by atoms with Gasteiger partial charge >= 0.3 is 6.09 Å². The van der Waals surface area contributed by atoms with Gasteiger partial charge in [-0.2, -0.15) is 0 Å². The first-order valence-corrected chi connectivity index (χ1v) is 6.45. The van der Waals surface area contributed by atoms with Crippen molar-refractivity contribution < 1.29 is 14.3 Å². The molecule has 104 valence electrons. The van der Waals surface area contributed by atoms with Crippen molar-refractivity contribution in [2.45, 2.75) is 31.8 Å². The van der Waals surface area contributed by atoms with Gasteiger partial charge < -0.3 is 15.3 Å². The van der Waals surface area contributed by atoms with E-state index in [1.807, 2.05) is 14.0 Å². The van der Waals surface area contributed by atoms with Crippen molar-refractivity contribution in [3.8, 4) is 0 Å². The lowest BCUT2D eigenvalue weighted by Crippen LogP contribution is -2.45. The number of carboxylic acid groups (broad SMARTS) is 1. The monoisotopic (exact) mass is 266 g/mol. The summed E-state index contributed by atoms with van der Waals surface area (Å²) >= 11 is 0. The van der Waals surface area contributed by atoms with E-state index in [9.17, 15) is 14.3 Å². The first kappa shape index (κ1) is 13.8. The standard InChI is InChI=1S/C14H19FN2O2/c1-9-7-10(15)3-4-12(9)13-8-11(16-2)5-6-17(13)14(18)19/h3-4,7,11,13,16H,5-6,8H2,1-2H3,(H,18,19)/t11-,13-/m1/s1. The Labute approximate surface area is 112 Å². The number of rotatable bonds is 2. The molecule has 0 aliphatic carbocycles. The Bertz CT molecular complexity index is 479. The Kier molecular flexibility index (Phi) is 4.04. The number of carbonyl (C=O) groups is 1. The lowest BCUT2D eigenvalue weighted by molar-refractivity contribution is 0.0973. The molecule has 5 heteroatoms. The number of hydrogen-bond donors (Lipinski definition) is 2. The fourth-order valence-corrected chi connectivity index (χ4v) is 2.76. The van der Waals surface area contributed by atoms with Gasteiger partial charge in [0.1, 0.15) is 5.82 Å². The minimum atomic E-state index is -0.914. The number of nitrogens with zero attached hydrogens (tertiary/aromatic N) is 1. The average Bonchev–Trinajstić information content (AvgIpc) is 2.38. The Balaban J connectivity index is 2.33. The van der Waals surface area contributed by atoms with E-state index in [1.165, 1.54) is 17.0 Å². The third kappa shape index (κ3) is 2.87. The van der Waals surface area contributed by atoms with Crippen molar-refractivity contribution in [3.63, 3.8) is 0 Å². The van der Waals surface area contributed by atoms with Gasteiger partial charge in [-0.1, -0.05) is 6.07 Å². The molecule has 2 N–H and O–H groups in total. The van der Waals surface area contributed by atoms with Crippen LogP contribution in [0.5, 0.6) is 0 Å². The van der Waals surface area contributed by atoms with Gasteiger partial charge in [-0.3, -0.25) is 0 Å². The molecule has 0 spiro atoms. The number of nitrogens with one attached hydrogen (secondary N) is 1. The zero-order valence-electron chi connectivity index (χ0n) is 11.2. The highest BCUT2D eigenvalue weighted by molar-refractivity contribution is 5.66. The van der Waals surface area contributed by atoms with Crippen molar-refractivity contribution in [2.75, 3.05) is 13.6 Å². The highest BCUT2D eigenvalue weighted by Gasteiger charge is 2.32. The summed E-state index contributed by atoms with van der Waals surface area (Å²) in [4.78, 5) is 12.8. The van der Waals surface area contributed by atoms with Gasteiger partial charge in [0.15, 0.2) is 0 Å². The highest BCUT2D eigenvalue weighted by Crippen LogP contribution is 2.33. The fourth-order valence-electron chi connectivity index (χ4n) is 2.76. The Morgan fingerprint density at radius 2 is 2.26 bits per heavy atom. The van der Waals surface area contributed by atoms with Crippen LogP contribution in [0.15, 0.2) is 18.2 Å². The van der Waals surface area contributed by atoms with Gasteiger partial charge in [0.25, 0.3) is 0 Å². The SMILES string of the molecule is CN[C@@H]1CCN(C(=O)O)[C@@H](c2ccc(F)cc2C)C1. The van der Waals surface area contributed by atoms with Crippen LogP contribution in [-0.2, 0) is 0 Å². The molecule has 1 aromatic carbocycles. The molecule has 1 aliphatic heterocycles. The molecule has 0 bridgehead atoms. The molecule has 19 heavy (non-hydrogen) atoms. The predicted octanol–water partition coefficient (Wildman–Crippen LogP) is 2.54. The van der Waals surface area contributed by atoms with Crippen LogP contribution in [-0.4, -0.2) is 35.7 Å². The second-order valence-corrected chi connectivity index (χ2v) is 5.00. The van der Waals surface area contributed by atoms with Gasteiger partial charge in [0.2, 0.25) is 0 Å². The van der Waals surface area contributed by atoms with Crippen LogP contribution in [0.25, 0.3) is 0 Å². The molecule has 1 saturated heterocycles. The third-order valence-electron chi connectivity index (χ3n) is 3.85. The molecule has 0 unspecified atom stereocenters. The molecular formula is C14H19FN2O2. The second-order valence-electron chi connectivity index (χ2n) is 5.00. The number of halogens is 1. The summed E-state index contributed by atoms with van der Waals surface area (Å²) in [7, 11) is 1.88. The van der Waals surface area contributed by atoms with E-state index in [0.717, 1.165) is 24.0 Å². The van der Waals surface area contributed by atoms with Crippen molar-refractivity contribution in [3.05, 3.63) is 35.1 Å². The number of piperidine rings is 1. The van der Waals surface area contributed by atoms with Crippen LogP contribution in [0.3, 0.4) is 0 Å². The van der Waals surface area contributed by atoms with Gasteiger partial charge in [-0.15, -0.1) is 0 Å². The minimum absolute atomic E-state index is 0.204. The summed E-state index contributed by atoms with van der Waals surface area (Å²) < 4.78 is 13.2. The normalized spacial score (nSPS) is 23.4. The van der Waals surface area contributed by atoms with Crippen LogP contribution in [0, 0.1) is 12.7 Å². The first-order valence-electron chi connectivity index (χ1n) is 6.45. The zero-order valence-corrected chi connectivity index (χ0v) is 11.2. The Morgan fingerprint density at radius 1 is 1.53 bits per heavy atom. The zero-order chi connectivity index (χ0) is 14.0. The molecular weight excluding hydrogens is 247 g/mol. The minimum Gasteiger partial charge on any atom is -0.465 e. The van der Waals surface area contributed by atoms with Gasteiger partial charge in [0, 0.05) is 12.6 Å². The molecule has 1 amide bonds. The summed E-state index contributed by atoms with van der Waals surface area (Å²) in [6.45, 7) is 2.32. The van der Waals surface area contributed by atoms with E-state index in [0.29, 0.717) is 12.6 Å². The van der Waals surface area contributed by atoms with Crippen LogP contribution in [0.4, 0.5) is 9.18 Å². The first-order chi connectivity index (χ1) is 9.02. The smallest absolute Gasteiger partial charge is 0.407 e. The number of amides is 1. The number of aryl methyl sites for hydroxylation is 1. The summed E-state index contributed by atoms with van der Waals surface area (Å²) in [5.74, 6) is -0.288. The van der Waals surface area contributed by atoms with Crippen LogP contribution >= 0.6 is 0 Å². The molecule has 4 nitrogen and oxygen atoms in total. The molecule has 1 fully saturated rings. The van der Waals surface area contributed by atoms with Crippen molar-refractivity contribution >= 4 is 6.09 Å². The topological polar surface area (TPSA) is 52.6 Å². The second kappa shape index (κ2) is 5.57. The average molecular weight is 266 g/mol. The molecule has 0 aromatic heterocycles. The molecule has 0 radical (unpaired) electrons. The molecule has 1 heterocycles. The van der Waals surface area contributed by atoms with E-state index in [1.54, 1.807) is 6.07 Å². The Hall–Kier alpha value is -1.62. The lowest BCUT2D eigenvalue weighted by atomic mass is 9.90. The van der Waals surface area contributed by atoms with E-state index in [-0.39, 0.29) is 11.9 Å². The van der Waals surface area contributed by atoms with Crippen LogP contribution < -0.4 is 5.32 Å². The van der Waals surface area contributed by atoms with Crippen molar-refractivity contribution in [2.24, 2.45) is 0 Å². The van der Waals surface area contributed by atoms with E-state index < -0.39 is 6.09 Å². The molecule has 1 aliphatic rings. The maximum absolute atomic E-state index is 13.2. The highest BCUT2D eigenvalue weighted by atomic mass is 19.1. The van der Waals surface area contributed by atoms with E-state index >= 15 is 0 Å². The number of benzene rings is 1. The molecule has 0 saturated carbocycles. The predicted molar refractivity (Wildman–Crippen MR) is 70.7 cm³/mol. The van der Waals surface area contributed by atoms with E-state index in [4.69, 9.17) is 0 Å². The fraction of sp³-hybridized carbons (Fsp3) is 0.500. The molecule has 2 atom stereocenters. The molecule has 1 aromatic rings. The van der Waals surface area contributed by atoms with Gasteiger partial charge in [-0.25, -0.2) is 9.18 Å². The van der Waals surface area contributed by atoms with E-state index in [2.05, 4.69) is 5.32 Å².